The van der Waals surface area contributed by atoms with E-state index in [1.807, 2.05) is 48.5 Å². The van der Waals surface area contributed by atoms with Gasteiger partial charge in [-0.1, -0.05) is 44.2 Å². The van der Waals surface area contributed by atoms with E-state index in [0.717, 1.165) is 29.0 Å². The molecule has 6 nitrogen and oxygen atoms in total. The van der Waals surface area contributed by atoms with Gasteiger partial charge >= 0.3 is 0 Å². The van der Waals surface area contributed by atoms with Crippen molar-refractivity contribution in [3.63, 3.8) is 0 Å². The molecule has 0 saturated carbocycles. The Hall–Kier alpha value is -2.57. The highest BCUT2D eigenvalue weighted by Gasteiger charge is 2.39. The number of carbonyl (C=O) groups is 1. The Balaban J connectivity index is 1.79. The zero-order valence-corrected chi connectivity index (χ0v) is 17.6. The van der Waals surface area contributed by atoms with E-state index in [4.69, 9.17) is 9.47 Å². The Bertz CT molecular complexity index is 825. The first-order chi connectivity index (χ1) is 14.0. The summed E-state index contributed by atoms with van der Waals surface area (Å²) in [7, 11) is 3.30. The number of para-hydroxylation sites is 1. The van der Waals surface area contributed by atoms with Gasteiger partial charge in [0.25, 0.3) is 0 Å². The van der Waals surface area contributed by atoms with Gasteiger partial charge in [0.2, 0.25) is 5.91 Å². The van der Waals surface area contributed by atoms with Crippen molar-refractivity contribution in [2.75, 3.05) is 14.2 Å². The fourth-order valence-corrected chi connectivity index (χ4v) is 3.91. The van der Waals surface area contributed by atoms with Crippen LogP contribution in [0.5, 0.6) is 11.5 Å². The molecule has 29 heavy (non-hydrogen) atoms. The summed E-state index contributed by atoms with van der Waals surface area (Å²) in [6.07, 6.45) is 1.25. The molecule has 6 heteroatoms. The smallest absolute Gasteiger partial charge is 0.224 e. The molecule has 0 aliphatic carbocycles. The second-order valence-corrected chi connectivity index (χ2v) is 7.87. The van der Waals surface area contributed by atoms with Crippen molar-refractivity contribution in [1.29, 1.82) is 0 Å². The third-order valence-electron chi connectivity index (χ3n) is 5.24. The van der Waals surface area contributed by atoms with Gasteiger partial charge < -0.3 is 14.8 Å². The third-order valence-corrected chi connectivity index (χ3v) is 5.24. The van der Waals surface area contributed by atoms with Gasteiger partial charge in [0.05, 0.1) is 32.7 Å². The standard InChI is InChI=1S/C23H31N3O3/c1-15(2)12-19-23(22(26-25-19)18-10-5-6-11-20(18)29-4)24-21(27)14-16-8-7-9-17(13-16)28-3/h5-11,13,15,19,22-23,25-26H,12,14H2,1-4H3,(H,24,27). The van der Waals surface area contributed by atoms with Gasteiger partial charge in [-0.25, -0.2) is 5.43 Å². The summed E-state index contributed by atoms with van der Waals surface area (Å²) in [6, 6.07) is 15.5. The minimum Gasteiger partial charge on any atom is -0.497 e. The van der Waals surface area contributed by atoms with Crippen molar-refractivity contribution in [3.8, 4) is 11.5 Å². The number of benzene rings is 2. The van der Waals surface area contributed by atoms with Crippen LogP contribution < -0.4 is 25.6 Å². The number of hydrogen-bond acceptors (Lipinski definition) is 5. The number of hydrazine groups is 1. The maximum atomic E-state index is 12.9. The molecule has 1 fully saturated rings. The Morgan fingerprint density at radius 1 is 1.07 bits per heavy atom. The molecule has 1 amide bonds. The van der Waals surface area contributed by atoms with Crippen molar-refractivity contribution in [3.05, 3.63) is 59.7 Å². The van der Waals surface area contributed by atoms with Gasteiger partial charge in [-0.3, -0.25) is 10.2 Å². The highest BCUT2D eigenvalue weighted by atomic mass is 16.5. The van der Waals surface area contributed by atoms with Crippen molar-refractivity contribution < 1.29 is 14.3 Å². The second kappa shape index (κ2) is 9.76. The van der Waals surface area contributed by atoms with E-state index in [1.54, 1.807) is 14.2 Å². The molecule has 2 aromatic rings. The zero-order valence-electron chi connectivity index (χ0n) is 17.6. The van der Waals surface area contributed by atoms with E-state index in [1.165, 1.54) is 0 Å². The van der Waals surface area contributed by atoms with Crippen LogP contribution in [0.25, 0.3) is 0 Å². The minimum absolute atomic E-state index is 0.0117. The second-order valence-electron chi connectivity index (χ2n) is 7.87. The Morgan fingerprint density at radius 2 is 1.86 bits per heavy atom. The number of rotatable bonds is 8. The first-order valence-electron chi connectivity index (χ1n) is 10.1. The van der Waals surface area contributed by atoms with E-state index >= 15 is 0 Å². The third kappa shape index (κ3) is 5.28. The Kier molecular flexibility index (Phi) is 7.12. The van der Waals surface area contributed by atoms with Crippen LogP contribution in [-0.4, -0.2) is 32.2 Å². The van der Waals surface area contributed by atoms with Crippen LogP contribution in [0.1, 0.15) is 37.4 Å². The van der Waals surface area contributed by atoms with Crippen molar-refractivity contribution in [2.24, 2.45) is 5.92 Å². The van der Waals surface area contributed by atoms with E-state index in [-0.39, 0.29) is 24.0 Å². The molecule has 0 spiro atoms. The topological polar surface area (TPSA) is 71.6 Å². The lowest BCUT2D eigenvalue weighted by molar-refractivity contribution is -0.121. The SMILES string of the molecule is COc1cccc(CC(=O)NC2C(CC(C)C)NNC2c2ccccc2OC)c1. The molecule has 0 aromatic heterocycles. The number of hydrogen-bond donors (Lipinski definition) is 3. The van der Waals surface area contributed by atoms with Crippen LogP contribution in [0.4, 0.5) is 0 Å². The number of ether oxygens (including phenoxy) is 2. The lowest BCUT2D eigenvalue weighted by Gasteiger charge is -2.26. The van der Waals surface area contributed by atoms with E-state index < -0.39 is 0 Å². The summed E-state index contributed by atoms with van der Waals surface area (Å²) < 4.78 is 10.8. The lowest BCUT2D eigenvalue weighted by atomic mass is 9.91. The maximum Gasteiger partial charge on any atom is 0.224 e. The van der Waals surface area contributed by atoms with Gasteiger partial charge in [-0.05, 0) is 36.1 Å². The summed E-state index contributed by atoms with van der Waals surface area (Å²) in [5, 5.41) is 3.26. The lowest BCUT2D eigenvalue weighted by Crippen LogP contribution is -2.46. The van der Waals surface area contributed by atoms with E-state index in [2.05, 4.69) is 30.0 Å². The molecule has 1 saturated heterocycles. The first-order valence-corrected chi connectivity index (χ1v) is 10.1. The highest BCUT2D eigenvalue weighted by Crippen LogP contribution is 2.32. The fourth-order valence-electron chi connectivity index (χ4n) is 3.91. The van der Waals surface area contributed by atoms with Gasteiger partial charge in [-0.15, -0.1) is 0 Å². The molecule has 3 N–H and O–H groups in total. The van der Waals surface area contributed by atoms with Crippen LogP contribution in [0.15, 0.2) is 48.5 Å². The molecule has 156 valence electrons. The van der Waals surface area contributed by atoms with Crippen LogP contribution in [-0.2, 0) is 11.2 Å². The van der Waals surface area contributed by atoms with Gasteiger partial charge in [0.1, 0.15) is 11.5 Å². The predicted octanol–water partition coefficient (Wildman–Crippen LogP) is 2.99. The summed E-state index contributed by atoms with van der Waals surface area (Å²) in [5.41, 5.74) is 8.72. The normalized spacial score (nSPS) is 21.2. The average molecular weight is 398 g/mol. The molecule has 2 aromatic carbocycles. The van der Waals surface area contributed by atoms with Gasteiger partial charge in [-0.2, -0.15) is 0 Å². The Labute approximate surface area is 173 Å². The van der Waals surface area contributed by atoms with Crippen molar-refractivity contribution in [2.45, 2.75) is 44.8 Å². The van der Waals surface area contributed by atoms with Gasteiger partial charge in [0.15, 0.2) is 0 Å². The first kappa shape index (κ1) is 21.1. The number of nitrogens with one attached hydrogen (secondary N) is 3. The van der Waals surface area contributed by atoms with Crippen LogP contribution in [0.2, 0.25) is 0 Å². The van der Waals surface area contributed by atoms with E-state index in [9.17, 15) is 4.79 Å². The molecule has 0 radical (unpaired) electrons. The van der Waals surface area contributed by atoms with Crippen molar-refractivity contribution >= 4 is 5.91 Å². The summed E-state index contributed by atoms with van der Waals surface area (Å²) in [6.45, 7) is 4.38. The van der Waals surface area contributed by atoms with E-state index in [0.29, 0.717) is 12.3 Å². The van der Waals surface area contributed by atoms with Gasteiger partial charge in [0, 0.05) is 11.6 Å². The average Bonchev–Trinajstić information content (AvgIpc) is 3.09. The fraction of sp³-hybridized carbons (Fsp3) is 0.435. The molecule has 3 rings (SSSR count). The molecule has 1 aliphatic rings. The monoisotopic (exact) mass is 397 g/mol. The minimum atomic E-state index is -0.0909. The van der Waals surface area contributed by atoms with Crippen LogP contribution in [0.3, 0.4) is 0 Å². The summed E-state index contributed by atoms with van der Waals surface area (Å²) >= 11 is 0. The molecule has 0 bridgehead atoms. The summed E-state index contributed by atoms with van der Waals surface area (Å²) in [5.74, 6) is 2.05. The number of methoxy groups -OCH3 is 2. The predicted molar refractivity (Wildman–Crippen MR) is 114 cm³/mol. The molecule has 1 heterocycles. The van der Waals surface area contributed by atoms with Crippen LogP contribution >= 0.6 is 0 Å². The molecule has 3 atom stereocenters. The van der Waals surface area contributed by atoms with Crippen LogP contribution in [0, 0.1) is 5.92 Å². The Morgan fingerprint density at radius 3 is 2.59 bits per heavy atom. The molecule has 3 unspecified atom stereocenters. The quantitative estimate of drug-likeness (QED) is 0.639. The molecular weight excluding hydrogens is 366 g/mol. The molecule has 1 aliphatic heterocycles. The largest absolute Gasteiger partial charge is 0.497 e. The summed E-state index contributed by atoms with van der Waals surface area (Å²) in [4.78, 5) is 12.9. The highest BCUT2D eigenvalue weighted by molar-refractivity contribution is 5.79. The number of amides is 1. The molecular formula is C23H31N3O3. The maximum absolute atomic E-state index is 12.9. The van der Waals surface area contributed by atoms with Crippen molar-refractivity contribution in [1.82, 2.24) is 16.2 Å². The number of carbonyl (C=O) groups excluding carboxylic acids is 1. The zero-order chi connectivity index (χ0) is 20.8.